The monoisotopic (exact) mass is 345 g/mol. The van der Waals surface area contributed by atoms with Gasteiger partial charge in [0.15, 0.2) is 0 Å². The molecule has 1 aliphatic heterocycles. The van der Waals surface area contributed by atoms with Crippen molar-refractivity contribution in [2.75, 3.05) is 39.8 Å². The number of likely N-dealkylation sites (N-methyl/N-ethyl adjacent to an activating group) is 1. The Kier molecular flexibility index (Phi) is 6.45. The van der Waals surface area contributed by atoms with E-state index in [9.17, 15) is 9.90 Å². The number of nitrogens with zero attached hydrogens (tertiary/aromatic N) is 2. The summed E-state index contributed by atoms with van der Waals surface area (Å²) in [6.07, 6.45) is 3.85. The molecule has 0 aromatic heterocycles. The topological polar surface area (TPSA) is 55.8 Å². The minimum atomic E-state index is -0.266. The molecule has 2 fully saturated rings. The number of amides is 1. The van der Waals surface area contributed by atoms with Crippen LogP contribution in [0.5, 0.6) is 0 Å². The van der Waals surface area contributed by atoms with Gasteiger partial charge in [0.25, 0.3) is 5.91 Å². The van der Waals surface area contributed by atoms with Crippen LogP contribution >= 0.6 is 0 Å². The van der Waals surface area contributed by atoms with Crippen LogP contribution in [0.2, 0.25) is 0 Å². The van der Waals surface area contributed by atoms with Crippen molar-refractivity contribution in [2.45, 2.75) is 38.3 Å². The normalized spacial score (nSPS) is 25.7. The SMILES string of the molecule is CN1CCN(Cc2cccc(C(=O)NC[C@@H]3CCCC[C@H]3O)c2)CC1. The average Bonchev–Trinajstić information content (AvgIpc) is 2.63. The zero-order valence-corrected chi connectivity index (χ0v) is 15.3. The van der Waals surface area contributed by atoms with Gasteiger partial charge >= 0.3 is 0 Å². The lowest BCUT2D eigenvalue weighted by Gasteiger charge is -2.32. The fourth-order valence-corrected chi connectivity index (χ4v) is 3.83. The van der Waals surface area contributed by atoms with Gasteiger partial charge in [-0.05, 0) is 37.6 Å². The van der Waals surface area contributed by atoms with Crippen LogP contribution in [0.1, 0.15) is 41.6 Å². The number of nitrogens with one attached hydrogen (secondary N) is 1. The van der Waals surface area contributed by atoms with Crippen LogP contribution in [-0.4, -0.2) is 66.7 Å². The van der Waals surface area contributed by atoms with E-state index in [1.807, 2.05) is 18.2 Å². The number of hydrogen-bond donors (Lipinski definition) is 2. The molecule has 1 saturated heterocycles. The largest absolute Gasteiger partial charge is 0.393 e. The molecule has 1 saturated carbocycles. The second-order valence-electron chi connectivity index (χ2n) is 7.60. The van der Waals surface area contributed by atoms with Crippen molar-refractivity contribution in [3.63, 3.8) is 0 Å². The Morgan fingerprint density at radius 1 is 1.20 bits per heavy atom. The lowest BCUT2D eigenvalue weighted by Crippen LogP contribution is -2.43. The summed E-state index contributed by atoms with van der Waals surface area (Å²) in [5.41, 5.74) is 1.91. The number of piperazine rings is 1. The summed E-state index contributed by atoms with van der Waals surface area (Å²) < 4.78 is 0. The number of aliphatic hydroxyl groups is 1. The molecule has 1 heterocycles. The van der Waals surface area contributed by atoms with Gasteiger partial charge in [-0.1, -0.05) is 25.0 Å². The Hall–Kier alpha value is -1.43. The van der Waals surface area contributed by atoms with Gasteiger partial charge in [-0.15, -0.1) is 0 Å². The highest BCUT2D eigenvalue weighted by Crippen LogP contribution is 2.23. The van der Waals surface area contributed by atoms with Crippen LogP contribution in [0.3, 0.4) is 0 Å². The molecule has 0 radical (unpaired) electrons. The van der Waals surface area contributed by atoms with Crippen molar-refractivity contribution in [3.8, 4) is 0 Å². The molecule has 2 N–H and O–H groups in total. The Balaban J connectivity index is 1.52. The zero-order chi connectivity index (χ0) is 17.6. The summed E-state index contributed by atoms with van der Waals surface area (Å²) in [4.78, 5) is 17.3. The average molecular weight is 345 g/mol. The van der Waals surface area contributed by atoms with Crippen molar-refractivity contribution >= 4 is 5.91 Å². The number of carbonyl (C=O) groups excluding carboxylic acids is 1. The van der Waals surface area contributed by atoms with Crippen molar-refractivity contribution in [1.82, 2.24) is 15.1 Å². The third-order valence-electron chi connectivity index (χ3n) is 5.59. The van der Waals surface area contributed by atoms with Crippen molar-refractivity contribution in [1.29, 1.82) is 0 Å². The molecule has 25 heavy (non-hydrogen) atoms. The van der Waals surface area contributed by atoms with Crippen molar-refractivity contribution < 1.29 is 9.90 Å². The molecule has 1 amide bonds. The highest BCUT2D eigenvalue weighted by molar-refractivity contribution is 5.94. The molecule has 1 aliphatic carbocycles. The summed E-state index contributed by atoms with van der Waals surface area (Å²) >= 11 is 0. The predicted molar refractivity (Wildman–Crippen MR) is 99.5 cm³/mol. The van der Waals surface area contributed by atoms with Crippen molar-refractivity contribution in [2.24, 2.45) is 5.92 Å². The molecular weight excluding hydrogens is 314 g/mol. The highest BCUT2D eigenvalue weighted by Gasteiger charge is 2.23. The Morgan fingerprint density at radius 2 is 1.96 bits per heavy atom. The van der Waals surface area contributed by atoms with Gasteiger partial charge in [0.05, 0.1) is 6.10 Å². The summed E-state index contributed by atoms with van der Waals surface area (Å²) in [7, 11) is 2.16. The van der Waals surface area contributed by atoms with E-state index in [1.165, 1.54) is 5.56 Å². The van der Waals surface area contributed by atoms with E-state index in [-0.39, 0.29) is 17.9 Å². The van der Waals surface area contributed by atoms with Gasteiger partial charge in [0.2, 0.25) is 0 Å². The Labute approximate surface area is 151 Å². The molecule has 0 spiro atoms. The fraction of sp³-hybridized carbons (Fsp3) is 0.650. The van der Waals surface area contributed by atoms with Gasteiger partial charge in [-0.3, -0.25) is 9.69 Å². The van der Waals surface area contributed by atoms with Gasteiger partial charge in [0.1, 0.15) is 0 Å². The lowest BCUT2D eigenvalue weighted by atomic mass is 9.86. The second-order valence-corrected chi connectivity index (χ2v) is 7.60. The van der Waals surface area contributed by atoms with Crippen LogP contribution in [0.4, 0.5) is 0 Å². The molecule has 1 aromatic carbocycles. The first kappa shape index (κ1) is 18.4. The van der Waals surface area contributed by atoms with Crippen LogP contribution in [-0.2, 0) is 6.54 Å². The summed E-state index contributed by atoms with van der Waals surface area (Å²) in [6.45, 7) is 5.83. The third-order valence-corrected chi connectivity index (χ3v) is 5.59. The van der Waals surface area contributed by atoms with Gasteiger partial charge in [-0.25, -0.2) is 0 Å². The summed E-state index contributed by atoms with van der Waals surface area (Å²) in [6, 6.07) is 7.95. The number of benzene rings is 1. The molecule has 5 heteroatoms. The minimum Gasteiger partial charge on any atom is -0.393 e. The minimum absolute atomic E-state index is 0.0296. The van der Waals surface area contributed by atoms with Gasteiger partial charge < -0.3 is 15.3 Å². The molecule has 0 unspecified atom stereocenters. The molecule has 2 atom stereocenters. The maximum atomic E-state index is 12.5. The summed E-state index contributed by atoms with van der Waals surface area (Å²) in [5.74, 6) is 0.171. The smallest absolute Gasteiger partial charge is 0.251 e. The van der Waals surface area contributed by atoms with Gasteiger partial charge in [0, 0.05) is 50.7 Å². The van der Waals surface area contributed by atoms with E-state index in [4.69, 9.17) is 0 Å². The number of carbonyl (C=O) groups is 1. The number of rotatable bonds is 5. The van der Waals surface area contributed by atoms with Crippen LogP contribution in [0.25, 0.3) is 0 Å². The van der Waals surface area contributed by atoms with Crippen LogP contribution < -0.4 is 5.32 Å². The summed E-state index contributed by atoms with van der Waals surface area (Å²) in [5, 5.41) is 13.1. The first-order valence-corrected chi connectivity index (χ1v) is 9.58. The Morgan fingerprint density at radius 3 is 2.72 bits per heavy atom. The molecule has 0 bridgehead atoms. The third kappa shape index (κ3) is 5.27. The standard InChI is InChI=1S/C20H31N3O2/c1-22-9-11-23(12-10-22)15-16-5-4-7-17(13-16)20(25)21-14-18-6-2-3-8-19(18)24/h4-5,7,13,18-19,24H,2-3,6,8-12,14-15H2,1H3,(H,21,25)/t18-,19+/m0/s1. The molecular formula is C20H31N3O2. The van der Waals surface area contributed by atoms with E-state index in [1.54, 1.807) is 0 Å². The number of hydrogen-bond acceptors (Lipinski definition) is 4. The van der Waals surface area contributed by atoms with E-state index in [0.717, 1.165) is 64.0 Å². The quantitative estimate of drug-likeness (QED) is 0.853. The number of aliphatic hydroxyl groups excluding tert-OH is 1. The van der Waals surface area contributed by atoms with E-state index in [0.29, 0.717) is 6.54 Å². The maximum Gasteiger partial charge on any atom is 0.251 e. The van der Waals surface area contributed by atoms with E-state index >= 15 is 0 Å². The molecule has 5 nitrogen and oxygen atoms in total. The Bertz CT molecular complexity index is 570. The van der Waals surface area contributed by atoms with E-state index < -0.39 is 0 Å². The predicted octanol–water partition coefficient (Wildman–Crippen LogP) is 1.71. The molecule has 1 aromatic rings. The van der Waals surface area contributed by atoms with Crippen LogP contribution in [0.15, 0.2) is 24.3 Å². The molecule has 138 valence electrons. The molecule has 3 rings (SSSR count). The van der Waals surface area contributed by atoms with Crippen molar-refractivity contribution in [3.05, 3.63) is 35.4 Å². The maximum absolute atomic E-state index is 12.5. The van der Waals surface area contributed by atoms with Gasteiger partial charge in [-0.2, -0.15) is 0 Å². The first-order chi connectivity index (χ1) is 12.1. The highest BCUT2D eigenvalue weighted by atomic mass is 16.3. The first-order valence-electron chi connectivity index (χ1n) is 9.58. The zero-order valence-electron chi connectivity index (χ0n) is 15.3. The fourth-order valence-electron chi connectivity index (χ4n) is 3.83. The van der Waals surface area contributed by atoms with E-state index in [2.05, 4.69) is 28.2 Å². The second kappa shape index (κ2) is 8.79. The lowest BCUT2D eigenvalue weighted by molar-refractivity contribution is 0.0663. The van der Waals surface area contributed by atoms with Crippen LogP contribution in [0, 0.1) is 5.92 Å². The molecule has 2 aliphatic rings.